The molecule has 82 valence electrons. The summed E-state index contributed by atoms with van der Waals surface area (Å²) in [5.41, 5.74) is 0.422. The van der Waals surface area contributed by atoms with E-state index in [9.17, 15) is 5.11 Å². The Bertz CT molecular complexity index is 194. The molecule has 1 aliphatic heterocycles. The van der Waals surface area contributed by atoms with Crippen LogP contribution >= 0.6 is 0 Å². The highest BCUT2D eigenvalue weighted by atomic mass is 16.3. The van der Waals surface area contributed by atoms with Crippen molar-refractivity contribution in [3.63, 3.8) is 0 Å². The first kappa shape index (κ1) is 10.4. The summed E-state index contributed by atoms with van der Waals surface area (Å²) in [4.78, 5) is 0. The topological polar surface area (TPSA) is 32.3 Å². The van der Waals surface area contributed by atoms with Gasteiger partial charge in [-0.05, 0) is 49.5 Å². The summed E-state index contributed by atoms with van der Waals surface area (Å²) in [5.74, 6) is 1.68. The molecule has 1 aliphatic carbocycles. The van der Waals surface area contributed by atoms with E-state index in [0.29, 0.717) is 18.1 Å². The summed E-state index contributed by atoms with van der Waals surface area (Å²) < 4.78 is 0. The van der Waals surface area contributed by atoms with Gasteiger partial charge in [-0.2, -0.15) is 0 Å². The predicted molar refractivity (Wildman–Crippen MR) is 58.1 cm³/mol. The number of nitrogens with one attached hydrogen (secondary N) is 1. The van der Waals surface area contributed by atoms with Gasteiger partial charge in [0, 0.05) is 6.04 Å². The second kappa shape index (κ2) is 3.82. The second-order valence-electron chi connectivity index (χ2n) is 5.66. The van der Waals surface area contributed by atoms with Gasteiger partial charge in [-0.3, -0.25) is 0 Å². The molecular weight excluding hydrogens is 174 g/mol. The standard InChI is InChI=1S/C12H23NO/c1-9-5-10(2)7-12(6-9)3-4-13-11(12)8-14/h9-11,13-14H,3-8H2,1-2H3. The fourth-order valence-electron chi connectivity index (χ4n) is 3.96. The summed E-state index contributed by atoms with van der Waals surface area (Å²) in [6, 6.07) is 0.368. The summed E-state index contributed by atoms with van der Waals surface area (Å²) in [7, 11) is 0. The van der Waals surface area contributed by atoms with Crippen LogP contribution in [-0.4, -0.2) is 24.3 Å². The minimum absolute atomic E-state index is 0.319. The van der Waals surface area contributed by atoms with Crippen LogP contribution in [0.2, 0.25) is 0 Å². The van der Waals surface area contributed by atoms with Crippen molar-refractivity contribution in [3.8, 4) is 0 Å². The molecule has 2 heteroatoms. The first-order valence-electron chi connectivity index (χ1n) is 6.00. The maximum Gasteiger partial charge on any atom is 0.0590 e. The Labute approximate surface area is 87.1 Å². The average molecular weight is 197 g/mol. The zero-order valence-corrected chi connectivity index (χ0v) is 9.42. The van der Waals surface area contributed by atoms with Gasteiger partial charge < -0.3 is 10.4 Å². The fourth-order valence-corrected chi connectivity index (χ4v) is 3.96. The molecular formula is C12H23NO. The normalized spacial score (nSPS) is 48.6. The van der Waals surface area contributed by atoms with E-state index in [1.54, 1.807) is 0 Å². The minimum Gasteiger partial charge on any atom is -0.395 e. The van der Waals surface area contributed by atoms with Gasteiger partial charge in [-0.1, -0.05) is 13.8 Å². The van der Waals surface area contributed by atoms with Crippen LogP contribution in [-0.2, 0) is 0 Å². The Morgan fingerprint density at radius 3 is 2.50 bits per heavy atom. The van der Waals surface area contributed by atoms with Crippen LogP contribution < -0.4 is 5.32 Å². The Kier molecular flexibility index (Phi) is 2.85. The van der Waals surface area contributed by atoms with Crippen LogP contribution in [0.3, 0.4) is 0 Å². The molecule has 0 aromatic rings. The molecule has 3 atom stereocenters. The number of hydrogen-bond acceptors (Lipinski definition) is 2. The minimum atomic E-state index is 0.319. The molecule has 1 heterocycles. The van der Waals surface area contributed by atoms with Crippen LogP contribution in [0, 0.1) is 17.3 Å². The van der Waals surface area contributed by atoms with E-state index in [0.717, 1.165) is 18.4 Å². The maximum absolute atomic E-state index is 9.39. The lowest BCUT2D eigenvalue weighted by Gasteiger charge is -2.43. The predicted octanol–water partition coefficient (Wildman–Crippen LogP) is 1.78. The summed E-state index contributed by atoms with van der Waals surface area (Å²) in [5, 5.41) is 12.9. The van der Waals surface area contributed by atoms with Crippen molar-refractivity contribution < 1.29 is 5.11 Å². The second-order valence-corrected chi connectivity index (χ2v) is 5.66. The highest BCUT2D eigenvalue weighted by Gasteiger charge is 2.46. The van der Waals surface area contributed by atoms with Crippen LogP contribution in [0.1, 0.15) is 39.5 Å². The van der Waals surface area contributed by atoms with Crippen LogP contribution in [0.5, 0.6) is 0 Å². The number of hydrogen-bond donors (Lipinski definition) is 2. The molecule has 14 heavy (non-hydrogen) atoms. The van der Waals surface area contributed by atoms with E-state index in [2.05, 4.69) is 19.2 Å². The number of aliphatic hydroxyl groups is 1. The third kappa shape index (κ3) is 1.70. The van der Waals surface area contributed by atoms with Gasteiger partial charge >= 0.3 is 0 Å². The summed E-state index contributed by atoms with van der Waals surface area (Å²) in [6.45, 7) is 6.15. The van der Waals surface area contributed by atoms with E-state index >= 15 is 0 Å². The highest BCUT2D eigenvalue weighted by molar-refractivity contribution is 5.00. The third-order valence-corrected chi connectivity index (χ3v) is 4.25. The molecule has 1 saturated carbocycles. The largest absolute Gasteiger partial charge is 0.395 e. The van der Waals surface area contributed by atoms with Crippen LogP contribution in [0.15, 0.2) is 0 Å². The number of rotatable bonds is 1. The summed E-state index contributed by atoms with van der Waals surface area (Å²) >= 11 is 0. The molecule has 3 unspecified atom stereocenters. The van der Waals surface area contributed by atoms with Gasteiger partial charge in [0.25, 0.3) is 0 Å². The number of aliphatic hydroxyl groups excluding tert-OH is 1. The van der Waals surface area contributed by atoms with E-state index in [1.807, 2.05) is 0 Å². The zero-order chi connectivity index (χ0) is 10.2. The van der Waals surface area contributed by atoms with Crippen molar-refractivity contribution in [3.05, 3.63) is 0 Å². The SMILES string of the molecule is CC1CC(C)CC2(CCNC2CO)C1. The molecule has 0 aromatic carbocycles. The molecule has 1 saturated heterocycles. The first-order chi connectivity index (χ1) is 6.66. The van der Waals surface area contributed by atoms with Crippen molar-refractivity contribution in [1.82, 2.24) is 5.32 Å². The molecule has 2 N–H and O–H groups in total. The fraction of sp³-hybridized carbons (Fsp3) is 1.00. The lowest BCUT2D eigenvalue weighted by molar-refractivity contribution is 0.0632. The van der Waals surface area contributed by atoms with E-state index in [-0.39, 0.29) is 0 Å². The zero-order valence-electron chi connectivity index (χ0n) is 9.42. The lowest BCUT2D eigenvalue weighted by Crippen LogP contribution is -2.44. The van der Waals surface area contributed by atoms with Crippen molar-refractivity contribution in [2.24, 2.45) is 17.3 Å². The van der Waals surface area contributed by atoms with E-state index in [4.69, 9.17) is 0 Å². The molecule has 0 radical (unpaired) electrons. The quantitative estimate of drug-likeness (QED) is 0.671. The van der Waals surface area contributed by atoms with Crippen molar-refractivity contribution in [1.29, 1.82) is 0 Å². The highest BCUT2D eigenvalue weighted by Crippen LogP contribution is 2.48. The Morgan fingerprint density at radius 2 is 1.93 bits per heavy atom. The molecule has 0 amide bonds. The Morgan fingerprint density at radius 1 is 1.29 bits per heavy atom. The molecule has 2 rings (SSSR count). The van der Waals surface area contributed by atoms with Crippen LogP contribution in [0.4, 0.5) is 0 Å². The smallest absolute Gasteiger partial charge is 0.0590 e. The van der Waals surface area contributed by atoms with E-state index < -0.39 is 0 Å². The Hall–Kier alpha value is -0.0800. The van der Waals surface area contributed by atoms with E-state index in [1.165, 1.54) is 25.7 Å². The van der Waals surface area contributed by atoms with Gasteiger partial charge in [0.1, 0.15) is 0 Å². The van der Waals surface area contributed by atoms with Gasteiger partial charge in [0.05, 0.1) is 6.61 Å². The molecule has 0 aromatic heterocycles. The monoisotopic (exact) mass is 197 g/mol. The van der Waals surface area contributed by atoms with Crippen LogP contribution in [0.25, 0.3) is 0 Å². The first-order valence-corrected chi connectivity index (χ1v) is 6.00. The van der Waals surface area contributed by atoms with Gasteiger partial charge in [0.15, 0.2) is 0 Å². The Balaban J connectivity index is 2.12. The van der Waals surface area contributed by atoms with Crippen molar-refractivity contribution in [2.75, 3.05) is 13.2 Å². The lowest BCUT2D eigenvalue weighted by atomic mass is 9.63. The third-order valence-electron chi connectivity index (χ3n) is 4.25. The molecule has 0 bridgehead atoms. The molecule has 2 fully saturated rings. The van der Waals surface area contributed by atoms with Crippen molar-refractivity contribution in [2.45, 2.75) is 45.6 Å². The molecule has 2 aliphatic rings. The molecule has 1 spiro atoms. The summed E-state index contributed by atoms with van der Waals surface area (Å²) in [6.07, 6.45) is 5.28. The maximum atomic E-state index is 9.39. The van der Waals surface area contributed by atoms with Crippen molar-refractivity contribution >= 4 is 0 Å². The average Bonchev–Trinajstić information content (AvgIpc) is 2.45. The van der Waals surface area contributed by atoms with Gasteiger partial charge in [0.2, 0.25) is 0 Å². The molecule has 2 nitrogen and oxygen atoms in total. The van der Waals surface area contributed by atoms with Gasteiger partial charge in [-0.15, -0.1) is 0 Å². The van der Waals surface area contributed by atoms with Gasteiger partial charge in [-0.25, -0.2) is 0 Å².